The van der Waals surface area contributed by atoms with E-state index in [1.807, 2.05) is 36.4 Å². The second-order valence-corrected chi connectivity index (χ2v) is 6.68. The van der Waals surface area contributed by atoms with Crippen molar-refractivity contribution in [2.45, 2.75) is 32.7 Å². The van der Waals surface area contributed by atoms with Gasteiger partial charge in [0.25, 0.3) is 5.91 Å². The van der Waals surface area contributed by atoms with E-state index >= 15 is 0 Å². The van der Waals surface area contributed by atoms with Gasteiger partial charge in [-0.1, -0.05) is 30.3 Å². The third-order valence-electron chi connectivity index (χ3n) is 3.42. The molecule has 4 heteroatoms. The standard InChI is InChI=1S/C19H26N2O2/c1-19(2,3)21-12-6-11-20-18(22)14-23-17-10-9-15-7-4-5-8-16(15)13-17/h4-5,7-10,13,21H,6,11-12,14H2,1-3H3,(H,20,22). The van der Waals surface area contributed by atoms with Gasteiger partial charge in [-0.3, -0.25) is 4.79 Å². The van der Waals surface area contributed by atoms with Crippen molar-refractivity contribution in [1.82, 2.24) is 10.6 Å². The molecule has 4 nitrogen and oxygen atoms in total. The normalized spacial score (nSPS) is 11.4. The van der Waals surface area contributed by atoms with Crippen LogP contribution in [-0.2, 0) is 4.79 Å². The highest BCUT2D eigenvalue weighted by Gasteiger charge is 2.07. The van der Waals surface area contributed by atoms with Crippen LogP contribution in [0.5, 0.6) is 5.75 Å². The topological polar surface area (TPSA) is 50.4 Å². The van der Waals surface area contributed by atoms with E-state index in [0.29, 0.717) is 12.3 Å². The average molecular weight is 314 g/mol. The van der Waals surface area contributed by atoms with E-state index in [1.54, 1.807) is 0 Å². The van der Waals surface area contributed by atoms with E-state index in [9.17, 15) is 4.79 Å². The summed E-state index contributed by atoms with van der Waals surface area (Å²) in [6, 6.07) is 13.9. The van der Waals surface area contributed by atoms with Gasteiger partial charge in [-0.05, 0) is 56.6 Å². The van der Waals surface area contributed by atoms with Crippen LogP contribution >= 0.6 is 0 Å². The highest BCUT2D eigenvalue weighted by Crippen LogP contribution is 2.20. The van der Waals surface area contributed by atoms with E-state index in [4.69, 9.17) is 4.74 Å². The second-order valence-electron chi connectivity index (χ2n) is 6.68. The molecule has 0 fully saturated rings. The SMILES string of the molecule is CC(C)(C)NCCCNC(=O)COc1ccc2ccccc2c1. The van der Waals surface area contributed by atoms with Crippen LogP contribution in [0.2, 0.25) is 0 Å². The number of carbonyl (C=O) groups is 1. The summed E-state index contributed by atoms with van der Waals surface area (Å²) >= 11 is 0. The minimum Gasteiger partial charge on any atom is -0.484 e. The quantitative estimate of drug-likeness (QED) is 0.772. The molecule has 2 aromatic carbocycles. The molecule has 2 N–H and O–H groups in total. The molecular weight excluding hydrogens is 288 g/mol. The molecule has 0 unspecified atom stereocenters. The predicted molar refractivity (Wildman–Crippen MR) is 94.8 cm³/mol. The summed E-state index contributed by atoms with van der Waals surface area (Å²) in [5, 5.41) is 8.53. The molecule has 1 amide bonds. The lowest BCUT2D eigenvalue weighted by molar-refractivity contribution is -0.123. The van der Waals surface area contributed by atoms with Gasteiger partial charge in [0, 0.05) is 12.1 Å². The molecule has 0 aromatic heterocycles. The van der Waals surface area contributed by atoms with E-state index in [-0.39, 0.29) is 18.1 Å². The van der Waals surface area contributed by atoms with Crippen LogP contribution in [-0.4, -0.2) is 31.1 Å². The number of nitrogens with one attached hydrogen (secondary N) is 2. The summed E-state index contributed by atoms with van der Waals surface area (Å²) in [6.07, 6.45) is 0.902. The Bertz CT molecular complexity index is 647. The van der Waals surface area contributed by atoms with Crippen molar-refractivity contribution in [3.8, 4) is 5.75 Å². The molecule has 23 heavy (non-hydrogen) atoms. The molecule has 0 aliphatic rings. The van der Waals surface area contributed by atoms with Crippen LogP contribution in [0.1, 0.15) is 27.2 Å². The zero-order valence-electron chi connectivity index (χ0n) is 14.2. The summed E-state index contributed by atoms with van der Waals surface area (Å²) in [7, 11) is 0. The van der Waals surface area contributed by atoms with E-state index in [0.717, 1.165) is 23.7 Å². The van der Waals surface area contributed by atoms with Gasteiger partial charge in [0.1, 0.15) is 5.75 Å². The molecule has 2 rings (SSSR count). The highest BCUT2D eigenvalue weighted by molar-refractivity contribution is 5.84. The van der Waals surface area contributed by atoms with Gasteiger partial charge >= 0.3 is 0 Å². The summed E-state index contributed by atoms with van der Waals surface area (Å²) in [4.78, 5) is 11.8. The first-order chi connectivity index (χ1) is 10.9. The van der Waals surface area contributed by atoms with Crippen LogP contribution in [0.3, 0.4) is 0 Å². The molecule has 0 saturated carbocycles. The summed E-state index contributed by atoms with van der Waals surface area (Å²) in [6.45, 7) is 7.97. The number of hydrogen-bond donors (Lipinski definition) is 2. The van der Waals surface area contributed by atoms with Crippen molar-refractivity contribution in [1.29, 1.82) is 0 Å². The van der Waals surface area contributed by atoms with E-state index in [1.165, 1.54) is 0 Å². The minimum absolute atomic E-state index is 0.0467. The molecule has 0 aliphatic carbocycles. The molecule has 2 aromatic rings. The van der Waals surface area contributed by atoms with Crippen molar-refractivity contribution in [3.63, 3.8) is 0 Å². The maximum absolute atomic E-state index is 11.8. The van der Waals surface area contributed by atoms with Crippen LogP contribution in [0.15, 0.2) is 42.5 Å². The third-order valence-corrected chi connectivity index (χ3v) is 3.42. The molecular formula is C19H26N2O2. The van der Waals surface area contributed by atoms with Gasteiger partial charge < -0.3 is 15.4 Å². The van der Waals surface area contributed by atoms with Crippen LogP contribution in [0.4, 0.5) is 0 Å². The van der Waals surface area contributed by atoms with Gasteiger partial charge in [0.15, 0.2) is 6.61 Å². The molecule has 0 bridgehead atoms. The van der Waals surface area contributed by atoms with Crippen LogP contribution in [0.25, 0.3) is 10.8 Å². The number of ether oxygens (including phenoxy) is 1. The summed E-state index contributed by atoms with van der Waals surface area (Å²) < 4.78 is 5.56. The zero-order chi connectivity index (χ0) is 16.7. The lowest BCUT2D eigenvalue weighted by Gasteiger charge is -2.20. The summed E-state index contributed by atoms with van der Waals surface area (Å²) in [5.41, 5.74) is 0.114. The van der Waals surface area contributed by atoms with Gasteiger partial charge in [0.05, 0.1) is 0 Å². The van der Waals surface area contributed by atoms with Crippen molar-refractivity contribution in [2.24, 2.45) is 0 Å². The van der Waals surface area contributed by atoms with Crippen molar-refractivity contribution in [3.05, 3.63) is 42.5 Å². The fourth-order valence-electron chi connectivity index (χ4n) is 2.24. The largest absolute Gasteiger partial charge is 0.484 e. The number of fused-ring (bicyclic) bond motifs is 1. The number of carbonyl (C=O) groups excluding carboxylic acids is 1. The van der Waals surface area contributed by atoms with Crippen molar-refractivity contribution < 1.29 is 9.53 Å². The Morgan fingerprint density at radius 2 is 1.78 bits per heavy atom. The first-order valence-corrected chi connectivity index (χ1v) is 8.07. The third kappa shape index (κ3) is 6.28. The second kappa shape index (κ2) is 7.97. The molecule has 0 atom stereocenters. The van der Waals surface area contributed by atoms with Gasteiger partial charge in [-0.15, -0.1) is 0 Å². The summed E-state index contributed by atoms with van der Waals surface area (Å²) in [5.74, 6) is 0.627. The fourth-order valence-corrected chi connectivity index (χ4v) is 2.24. The predicted octanol–water partition coefficient (Wildman–Crippen LogP) is 3.11. The Kier molecular flexibility index (Phi) is 5.99. The Balaban J connectivity index is 1.69. The minimum atomic E-state index is -0.0890. The van der Waals surface area contributed by atoms with Crippen molar-refractivity contribution >= 4 is 16.7 Å². The highest BCUT2D eigenvalue weighted by atomic mass is 16.5. The van der Waals surface area contributed by atoms with E-state index < -0.39 is 0 Å². The first kappa shape index (κ1) is 17.3. The number of rotatable bonds is 7. The lowest BCUT2D eigenvalue weighted by atomic mass is 10.1. The molecule has 0 aliphatic heterocycles. The Morgan fingerprint density at radius 3 is 2.52 bits per heavy atom. The Morgan fingerprint density at radius 1 is 1.04 bits per heavy atom. The number of benzene rings is 2. The molecule has 124 valence electrons. The van der Waals surface area contributed by atoms with Gasteiger partial charge in [0.2, 0.25) is 0 Å². The smallest absolute Gasteiger partial charge is 0.257 e. The van der Waals surface area contributed by atoms with Crippen LogP contribution < -0.4 is 15.4 Å². The maximum atomic E-state index is 11.8. The first-order valence-electron chi connectivity index (χ1n) is 8.07. The lowest BCUT2D eigenvalue weighted by Crippen LogP contribution is -2.38. The van der Waals surface area contributed by atoms with Gasteiger partial charge in [-0.2, -0.15) is 0 Å². The Labute approximate surface area is 138 Å². The zero-order valence-corrected chi connectivity index (χ0v) is 14.2. The van der Waals surface area contributed by atoms with E-state index in [2.05, 4.69) is 37.5 Å². The molecule has 0 saturated heterocycles. The van der Waals surface area contributed by atoms with Crippen LogP contribution in [0, 0.1) is 0 Å². The van der Waals surface area contributed by atoms with Crippen molar-refractivity contribution in [2.75, 3.05) is 19.7 Å². The number of hydrogen-bond acceptors (Lipinski definition) is 3. The molecule has 0 heterocycles. The average Bonchev–Trinajstić information content (AvgIpc) is 2.51. The maximum Gasteiger partial charge on any atom is 0.257 e. The molecule has 0 radical (unpaired) electrons. The molecule has 0 spiro atoms. The Hall–Kier alpha value is -2.07. The van der Waals surface area contributed by atoms with Gasteiger partial charge in [-0.25, -0.2) is 0 Å². The fraction of sp³-hybridized carbons (Fsp3) is 0.421. The monoisotopic (exact) mass is 314 g/mol. The number of amides is 1.